The smallest absolute Gasteiger partial charge is 0.0758 e. The molecule has 0 spiro atoms. The van der Waals surface area contributed by atoms with E-state index in [9.17, 15) is 0 Å². The van der Waals surface area contributed by atoms with Crippen LogP contribution in [-0.4, -0.2) is 39.2 Å². The molecule has 10 radical (unpaired) electrons. The van der Waals surface area contributed by atoms with Crippen molar-refractivity contribution in [2.75, 3.05) is 0 Å². The van der Waals surface area contributed by atoms with Crippen LogP contribution in [0.2, 0.25) is 0 Å². The zero-order valence-electron chi connectivity index (χ0n) is 11.9. The van der Waals surface area contributed by atoms with E-state index < -0.39 is 10.4 Å². The summed E-state index contributed by atoms with van der Waals surface area (Å²) in [6.07, 6.45) is 5.77. The van der Waals surface area contributed by atoms with Crippen LogP contribution in [0.1, 0.15) is 55.2 Å². The van der Waals surface area contributed by atoms with E-state index in [0.717, 1.165) is 42.4 Å². The van der Waals surface area contributed by atoms with Crippen LogP contribution in [0.25, 0.3) is 0 Å². The topological polar surface area (TPSA) is 0 Å². The molecule has 0 saturated heterocycles. The molecule has 1 saturated carbocycles. The van der Waals surface area contributed by atoms with Crippen LogP contribution < -0.4 is 0 Å². The molecule has 2 aliphatic rings. The highest BCUT2D eigenvalue weighted by Crippen LogP contribution is 2.49. The van der Waals surface area contributed by atoms with E-state index in [4.69, 9.17) is 39.2 Å². The van der Waals surface area contributed by atoms with Gasteiger partial charge in [0, 0.05) is 0 Å². The maximum atomic E-state index is 6.67. The lowest BCUT2D eigenvalue weighted by Gasteiger charge is -2.39. The van der Waals surface area contributed by atoms with Crippen LogP contribution >= 0.6 is 0 Å². The lowest BCUT2D eigenvalue weighted by atomic mass is 9.44. The molecule has 0 nitrogen and oxygen atoms in total. The second kappa shape index (κ2) is 4.52. The summed E-state index contributed by atoms with van der Waals surface area (Å²) < 4.78 is 0. The van der Waals surface area contributed by atoms with E-state index in [2.05, 4.69) is 0 Å². The van der Waals surface area contributed by atoms with Gasteiger partial charge in [-0.15, -0.1) is 0 Å². The van der Waals surface area contributed by atoms with Gasteiger partial charge in [0.25, 0.3) is 0 Å². The minimum atomic E-state index is -1.00. The average molecular weight is 249 g/mol. The van der Waals surface area contributed by atoms with Crippen molar-refractivity contribution in [1.29, 1.82) is 0 Å². The molecular formula is C15H15B5. The summed E-state index contributed by atoms with van der Waals surface area (Å²) in [6, 6.07) is 5.93. The summed E-state index contributed by atoms with van der Waals surface area (Å²) in [5.74, 6) is 0. The zero-order chi connectivity index (χ0) is 14.6. The molecule has 0 aromatic heterocycles. The van der Waals surface area contributed by atoms with Gasteiger partial charge in [0.1, 0.15) is 0 Å². The van der Waals surface area contributed by atoms with Crippen molar-refractivity contribution in [2.24, 2.45) is 0 Å². The van der Waals surface area contributed by atoms with Gasteiger partial charge in [0.05, 0.1) is 39.2 Å². The molecule has 1 aromatic rings. The van der Waals surface area contributed by atoms with Gasteiger partial charge in [0.2, 0.25) is 0 Å². The summed E-state index contributed by atoms with van der Waals surface area (Å²) in [7, 11) is 31.6. The quantitative estimate of drug-likeness (QED) is 0.660. The Labute approximate surface area is 128 Å². The predicted octanol–water partition coefficient (Wildman–Crippen LogP) is 1.40. The lowest BCUT2D eigenvalue weighted by Crippen LogP contribution is -2.35. The second-order valence-corrected chi connectivity index (χ2v) is 6.70. The fourth-order valence-electron chi connectivity index (χ4n) is 3.98. The molecule has 0 aliphatic heterocycles. The molecule has 3 rings (SSSR count). The molecule has 90 valence electrons. The first-order chi connectivity index (χ1) is 9.26. The predicted molar refractivity (Wildman–Crippen MR) is 87.9 cm³/mol. The zero-order valence-corrected chi connectivity index (χ0v) is 11.9. The highest BCUT2D eigenvalue weighted by atomic mass is 14.4. The molecule has 0 unspecified atom stereocenters. The van der Waals surface area contributed by atoms with E-state index in [1.54, 1.807) is 0 Å². The third-order valence-corrected chi connectivity index (χ3v) is 4.90. The summed E-state index contributed by atoms with van der Waals surface area (Å²) >= 11 is 0. The van der Waals surface area contributed by atoms with E-state index in [0.29, 0.717) is 6.42 Å². The normalized spacial score (nSPS) is 26.0. The van der Waals surface area contributed by atoms with Crippen LogP contribution in [-0.2, 0) is 15.7 Å². The van der Waals surface area contributed by atoms with E-state index in [-0.39, 0.29) is 5.31 Å². The van der Waals surface area contributed by atoms with Gasteiger partial charge in [-0.25, -0.2) is 0 Å². The molecule has 2 aliphatic carbocycles. The standard InChI is InChI=1S/C15H15B5/c16-13(7-2-1-3-8-13)10-5-4-6-11-12(10)15(19,20)9-14(11,17)18/h4-6H,1-3,7-9H2. The van der Waals surface area contributed by atoms with Gasteiger partial charge in [-0.2, -0.15) is 0 Å². The third kappa shape index (κ3) is 2.12. The van der Waals surface area contributed by atoms with Crippen LogP contribution in [0.5, 0.6) is 0 Å². The Kier molecular flexibility index (Phi) is 3.27. The van der Waals surface area contributed by atoms with Gasteiger partial charge in [0.15, 0.2) is 0 Å². The Hall–Kier alpha value is -0.455. The van der Waals surface area contributed by atoms with Crippen LogP contribution in [0.4, 0.5) is 0 Å². The molecule has 1 fully saturated rings. The molecule has 0 atom stereocenters. The van der Waals surface area contributed by atoms with Crippen molar-refractivity contribution in [2.45, 2.75) is 54.3 Å². The van der Waals surface area contributed by atoms with Crippen molar-refractivity contribution in [3.63, 3.8) is 0 Å². The Morgan fingerprint density at radius 3 is 2.00 bits per heavy atom. The van der Waals surface area contributed by atoms with Crippen molar-refractivity contribution >= 4 is 39.2 Å². The number of hydrogen-bond donors (Lipinski definition) is 0. The highest BCUT2D eigenvalue weighted by molar-refractivity contribution is 6.47. The lowest BCUT2D eigenvalue weighted by molar-refractivity contribution is 0.395. The van der Waals surface area contributed by atoms with Crippen molar-refractivity contribution < 1.29 is 0 Å². The van der Waals surface area contributed by atoms with Crippen LogP contribution in [0.15, 0.2) is 18.2 Å². The number of rotatable bonds is 1. The van der Waals surface area contributed by atoms with E-state index >= 15 is 0 Å². The Bertz CT molecular complexity index is 529. The van der Waals surface area contributed by atoms with Gasteiger partial charge in [-0.1, -0.05) is 78.3 Å². The van der Waals surface area contributed by atoms with Gasteiger partial charge >= 0.3 is 0 Å². The van der Waals surface area contributed by atoms with Crippen LogP contribution in [0, 0.1) is 0 Å². The summed E-state index contributed by atoms with van der Waals surface area (Å²) in [6.45, 7) is 0. The van der Waals surface area contributed by atoms with E-state index in [1.807, 2.05) is 18.2 Å². The highest BCUT2D eigenvalue weighted by Gasteiger charge is 2.44. The molecular weight excluding hydrogens is 234 g/mol. The largest absolute Gasteiger partial charge is 0.0810 e. The Balaban J connectivity index is 2.18. The van der Waals surface area contributed by atoms with Gasteiger partial charge in [-0.3, -0.25) is 0 Å². The van der Waals surface area contributed by atoms with Crippen LogP contribution in [0.3, 0.4) is 0 Å². The third-order valence-electron chi connectivity index (χ3n) is 4.90. The first-order valence-electron chi connectivity index (χ1n) is 7.35. The fourth-order valence-corrected chi connectivity index (χ4v) is 3.98. The van der Waals surface area contributed by atoms with Gasteiger partial charge < -0.3 is 0 Å². The number of hydrogen-bond acceptors (Lipinski definition) is 0. The molecule has 0 heterocycles. The summed E-state index contributed by atoms with van der Waals surface area (Å²) in [5, 5.41) is -2.33. The molecule has 0 N–H and O–H groups in total. The average Bonchev–Trinajstić information content (AvgIpc) is 2.56. The maximum Gasteiger partial charge on any atom is 0.0810 e. The summed E-state index contributed by atoms with van der Waals surface area (Å²) in [4.78, 5) is 0. The van der Waals surface area contributed by atoms with Crippen molar-refractivity contribution in [3.05, 3.63) is 34.9 Å². The minimum Gasteiger partial charge on any atom is -0.0758 e. The molecule has 20 heavy (non-hydrogen) atoms. The monoisotopic (exact) mass is 250 g/mol. The molecule has 0 bridgehead atoms. The Morgan fingerprint density at radius 1 is 0.750 bits per heavy atom. The Morgan fingerprint density at radius 2 is 1.35 bits per heavy atom. The fraction of sp³-hybridized carbons (Fsp3) is 0.600. The second-order valence-electron chi connectivity index (χ2n) is 6.70. The summed E-state index contributed by atoms with van der Waals surface area (Å²) in [5.41, 5.74) is 2.75. The maximum absolute atomic E-state index is 6.67. The number of benzene rings is 1. The first kappa shape index (κ1) is 14.5. The minimum absolute atomic E-state index is 0.336. The first-order valence-corrected chi connectivity index (χ1v) is 7.35. The van der Waals surface area contributed by atoms with Crippen molar-refractivity contribution in [3.8, 4) is 0 Å². The van der Waals surface area contributed by atoms with Crippen molar-refractivity contribution in [1.82, 2.24) is 0 Å². The molecule has 0 amide bonds. The molecule has 5 heteroatoms. The van der Waals surface area contributed by atoms with E-state index in [1.165, 1.54) is 6.42 Å². The molecule has 1 aromatic carbocycles. The van der Waals surface area contributed by atoms with Gasteiger partial charge in [-0.05, 0) is 10.9 Å². The number of fused-ring (bicyclic) bond motifs is 1. The SMILES string of the molecule is [B]C1([B])CC([B])([B])c2c1cccc2C1([B])CCCCC1.